The summed E-state index contributed by atoms with van der Waals surface area (Å²) in [6.07, 6.45) is -3.56. The summed E-state index contributed by atoms with van der Waals surface area (Å²) >= 11 is 0. The minimum Gasteiger partial charge on any atom is -0.465 e. The van der Waals surface area contributed by atoms with Crippen molar-refractivity contribution in [1.29, 1.82) is 5.41 Å². The molecule has 0 atom stereocenters. The summed E-state index contributed by atoms with van der Waals surface area (Å²) in [4.78, 5) is 28.2. The average Bonchev–Trinajstić information content (AvgIpc) is 2.59. The van der Waals surface area contributed by atoms with Crippen molar-refractivity contribution in [3.05, 3.63) is 58.4 Å². The number of methoxy groups -OCH3 is 1. The summed E-state index contributed by atoms with van der Waals surface area (Å²) in [6, 6.07) is 4.61. The van der Waals surface area contributed by atoms with Gasteiger partial charge in [0, 0.05) is 6.20 Å². The number of alkyl halides is 3. The Kier molecular flexibility index (Phi) is 5.63. The lowest BCUT2D eigenvalue weighted by molar-refractivity contribution is -0.137. The number of ether oxygens (including phenoxy) is 1. The molecule has 0 saturated heterocycles. The van der Waals surface area contributed by atoms with Crippen LogP contribution in [0.5, 0.6) is 0 Å². The zero-order chi connectivity index (χ0) is 20.4. The Hall–Kier alpha value is -3.23. The summed E-state index contributed by atoms with van der Waals surface area (Å²) in [6.45, 7) is 2.78. The molecule has 0 saturated carbocycles. The van der Waals surface area contributed by atoms with Gasteiger partial charge < -0.3 is 15.5 Å². The summed E-state index contributed by atoms with van der Waals surface area (Å²) in [7, 11) is 1.15. The molecule has 2 N–H and O–H groups in total. The highest BCUT2D eigenvalue weighted by atomic mass is 19.4. The summed E-state index contributed by atoms with van der Waals surface area (Å²) in [5.74, 6) is -1.76. The number of aromatic nitrogens is 1. The lowest BCUT2D eigenvalue weighted by atomic mass is 10.0. The van der Waals surface area contributed by atoms with Crippen LogP contribution in [0.25, 0.3) is 0 Å². The van der Waals surface area contributed by atoms with Gasteiger partial charge >= 0.3 is 12.1 Å². The molecule has 0 aliphatic heterocycles. The third kappa shape index (κ3) is 4.30. The van der Waals surface area contributed by atoms with Gasteiger partial charge in [0.15, 0.2) is 0 Å². The molecule has 2 aromatic rings. The molecule has 9 heteroatoms. The Morgan fingerprint density at radius 1 is 1.26 bits per heavy atom. The van der Waals surface area contributed by atoms with Crippen molar-refractivity contribution in [3.63, 3.8) is 0 Å². The van der Waals surface area contributed by atoms with E-state index < -0.39 is 29.2 Å². The highest BCUT2D eigenvalue weighted by Gasteiger charge is 2.36. The SMILES string of the molecule is COC(=O)c1cnc(C(C)=N)c(NC(=O)c2c(C)cccc2C(F)(F)F)c1. The van der Waals surface area contributed by atoms with Crippen LogP contribution in [0.4, 0.5) is 18.9 Å². The van der Waals surface area contributed by atoms with Gasteiger partial charge in [-0.05, 0) is 31.5 Å². The summed E-state index contributed by atoms with van der Waals surface area (Å²) in [5.41, 5.74) is -1.58. The first-order valence-electron chi connectivity index (χ1n) is 7.68. The van der Waals surface area contributed by atoms with Crippen LogP contribution in [0, 0.1) is 12.3 Å². The highest BCUT2D eigenvalue weighted by molar-refractivity contribution is 6.10. The molecule has 6 nitrogen and oxygen atoms in total. The molecule has 2 rings (SSSR count). The number of carbonyl (C=O) groups excluding carboxylic acids is 2. The number of rotatable bonds is 4. The van der Waals surface area contributed by atoms with Crippen molar-refractivity contribution in [1.82, 2.24) is 4.98 Å². The van der Waals surface area contributed by atoms with Crippen molar-refractivity contribution in [2.45, 2.75) is 20.0 Å². The molecule has 0 fully saturated rings. The molecule has 1 aromatic carbocycles. The minimum atomic E-state index is -4.72. The van der Waals surface area contributed by atoms with E-state index in [1.165, 1.54) is 32.0 Å². The van der Waals surface area contributed by atoms with E-state index in [4.69, 9.17) is 5.41 Å². The Morgan fingerprint density at radius 2 is 1.93 bits per heavy atom. The molecule has 0 aliphatic carbocycles. The summed E-state index contributed by atoms with van der Waals surface area (Å²) < 4.78 is 44.4. The van der Waals surface area contributed by atoms with E-state index in [0.29, 0.717) is 0 Å². The molecule has 0 bridgehead atoms. The molecule has 0 unspecified atom stereocenters. The first kappa shape index (κ1) is 20.1. The van der Waals surface area contributed by atoms with Crippen LogP contribution in [0.1, 0.15) is 44.5 Å². The number of amides is 1. The van der Waals surface area contributed by atoms with Crippen molar-refractivity contribution >= 4 is 23.3 Å². The molecule has 142 valence electrons. The molecule has 0 radical (unpaired) electrons. The number of nitrogens with one attached hydrogen (secondary N) is 2. The first-order chi connectivity index (χ1) is 12.6. The average molecular weight is 379 g/mol. The largest absolute Gasteiger partial charge is 0.465 e. The molecule has 1 aromatic heterocycles. The first-order valence-corrected chi connectivity index (χ1v) is 7.68. The number of hydrogen-bond acceptors (Lipinski definition) is 5. The Labute approximate surface area is 152 Å². The van der Waals surface area contributed by atoms with Gasteiger partial charge in [-0.1, -0.05) is 12.1 Å². The molecule has 1 heterocycles. The second-order valence-electron chi connectivity index (χ2n) is 5.69. The minimum absolute atomic E-state index is 0.0152. The number of hydrogen-bond donors (Lipinski definition) is 2. The number of pyridine rings is 1. The monoisotopic (exact) mass is 379 g/mol. The van der Waals surface area contributed by atoms with Gasteiger partial charge in [-0.3, -0.25) is 9.78 Å². The van der Waals surface area contributed by atoms with Gasteiger partial charge in [0.25, 0.3) is 5.91 Å². The predicted octanol–water partition coefficient (Wildman–Crippen LogP) is 3.84. The van der Waals surface area contributed by atoms with E-state index in [1.54, 1.807) is 0 Å². The van der Waals surface area contributed by atoms with Crippen LogP contribution in [-0.2, 0) is 10.9 Å². The van der Waals surface area contributed by atoms with E-state index in [2.05, 4.69) is 15.0 Å². The topological polar surface area (TPSA) is 92.1 Å². The second kappa shape index (κ2) is 7.56. The van der Waals surface area contributed by atoms with E-state index in [9.17, 15) is 22.8 Å². The molecular formula is C18H16F3N3O3. The van der Waals surface area contributed by atoms with Gasteiger partial charge in [0.2, 0.25) is 0 Å². The van der Waals surface area contributed by atoms with Gasteiger partial charge in [0.05, 0.1) is 35.2 Å². The van der Waals surface area contributed by atoms with Crippen molar-refractivity contribution in [2.75, 3.05) is 12.4 Å². The van der Waals surface area contributed by atoms with Gasteiger partial charge in [-0.25, -0.2) is 4.79 Å². The number of anilines is 1. The quantitative estimate of drug-likeness (QED) is 0.624. The van der Waals surface area contributed by atoms with Crippen molar-refractivity contribution in [2.24, 2.45) is 0 Å². The maximum atomic E-state index is 13.3. The zero-order valence-electron chi connectivity index (χ0n) is 14.7. The standard InChI is InChI=1S/C18H16F3N3O3/c1-9-5-4-6-12(18(19,20)21)14(9)16(25)24-13-7-11(17(26)27-3)8-23-15(13)10(2)22/h4-8,22H,1-3H3,(H,24,25). The number of halogens is 3. The van der Waals surface area contributed by atoms with E-state index >= 15 is 0 Å². The Morgan fingerprint density at radius 3 is 2.48 bits per heavy atom. The van der Waals surface area contributed by atoms with Crippen molar-refractivity contribution < 1.29 is 27.5 Å². The molecule has 0 aliphatic rings. The Balaban J connectivity index is 2.53. The number of esters is 1. The van der Waals surface area contributed by atoms with Crippen LogP contribution in [0.15, 0.2) is 30.5 Å². The van der Waals surface area contributed by atoms with Crippen LogP contribution in [0.3, 0.4) is 0 Å². The third-order valence-corrected chi connectivity index (χ3v) is 3.72. The number of aryl methyl sites for hydroxylation is 1. The smallest absolute Gasteiger partial charge is 0.417 e. The van der Waals surface area contributed by atoms with Crippen molar-refractivity contribution in [3.8, 4) is 0 Å². The van der Waals surface area contributed by atoms with Crippen LogP contribution in [0.2, 0.25) is 0 Å². The molecule has 27 heavy (non-hydrogen) atoms. The number of benzene rings is 1. The number of nitrogens with zero attached hydrogens (tertiary/aromatic N) is 1. The fraction of sp³-hybridized carbons (Fsp3) is 0.222. The fourth-order valence-electron chi connectivity index (χ4n) is 2.48. The van der Waals surface area contributed by atoms with E-state index in [-0.39, 0.29) is 28.2 Å². The lowest BCUT2D eigenvalue weighted by Gasteiger charge is -2.16. The van der Waals surface area contributed by atoms with Gasteiger partial charge in [-0.15, -0.1) is 0 Å². The second-order valence-corrected chi connectivity index (χ2v) is 5.69. The van der Waals surface area contributed by atoms with Gasteiger partial charge in [0.1, 0.15) is 5.69 Å². The van der Waals surface area contributed by atoms with Crippen LogP contribution in [-0.4, -0.2) is 29.7 Å². The zero-order valence-corrected chi connectivity index (χ0v) is 14.7. The molecular weight excluding hydrogens is 363 g/mol. The van der Waals surface area contributed by atoms with E-state index in [1.807, 2.05) is 0 Å². The Bertz CT molecular complexity index is 924. The highest BCUT2D eigenvalue weighted by Crippen LogP contribution is 2.33. The fourth-order valence-corrected chi connectivity index (χ4v) is 2.48. The summed E-state index contributed by atoms with van der Waals surface area (Å²) in [5, 5.41) is 10.1. The third-order valence-electron chi connectivity index (χ3n) is 3.72. The van der Waals surface area contributed by atoms with Crippen LogP contribution >= 0.6 is 0 Å². The normalized spacial score (nSPS) is 11.0. The van der Waals surface area contributed by atoms with Gasteiger partial charge in [-0.2, -0.15) is 13.2 Å². The lowest BCUT2D eigenvalue weighted by Crippen LogP contribution is -2.22. The van der Waals surface area contributed by atoms with Crippen LogP contribution < -0.4 is 5.32 Å². The number of carbonyl (C=O) groups is 2. The maximum Gasteiger partial charge on any atom is 0.417 e. The van der Waals surface area contributed by atoms with E-state index in [0.717, 1.165) is 19.4 Å². The predicted molar refractivity (Wildman–Crippen MR) is 92.2 cm³/mol. The maximum absolute atomic E-state index is 13.3. The molecule has 1 amide bonds. The molecule has 0 spiro atoms.